The van der Waals surface area contributed by atoms with E-state index in [1.807, 2.05) is 32.0 Å². The molecule has 25 heavy (non-hydrogen) atoms. The van der Waals surface area contributed by atoms with Gasteiger partial charge >= 0.3 is 0 Å². The van der Waals surface area contributed by atoms with Gasteiger partial charge in [-0.1, -0.05) is 17.2 Å². The van der Waals surface area contributed by atoms with Crippen LogP contribution in [0.5, 0.6) is 0 Å². The van der Waals surface area contributed by atoms with E-state index in [2.05, 4.69) is 14.3 Å². The number of ketones is 1. The van der Waals surface area contributed by atoms with Crippen molar-refractivity contribution < 1.29 is 17.5 Å². The maximum Gasteiger partial charge on any atom is 0.295 e. The third-order valence-electron chi connectivity index (χ3n) is 3.25. The van der Waals surface area contributed by atoms with Gasteiger partial charge in [-0.15, -0.1) is 4.28 Å². The molecule has 10 heteroatoms. The summed E-state index contributed by atoms with van der Waals surface area (Å²) in [5.74, 6) is -1.83. The lowest BCUT2D eigenvalue weighted by Gasteiger charge is -2.04. The molecule has 0 amide bonds. The number of nitrogens with one attached hydrogen (secondary N) is 3. The molecule has 5 N–H and O–H groups in total. The van der Waals surface area contributed by atoms with Crippen LogP contribution in [0.1, 0.15) is 27.3 Å². The van der Waals surface area contributed by atoms with Crippen molar-refractivity contribution in [1.29, 1.82) is 5.41 Å². The fraction of sp³-hybridized carbons (Fsp3) is 0.267. The van der Waals surface area contributed by atoms with Crippen molar-refractivity contribution in [3.8, 4) is 11.4 Å². The van der Waals surface area contributed by atoms with Crippen LogP contribution in [0.3, 0.4) is 0 Å². The zero-order chi connectivity index (χ0) is 18.8. The second-order valence-corrected chi connectivity index (χ2v) is 7.22. The SMILES string of the molecule is Cc1cc(C)cc(-c2nc(C)c(C(=O)CS(=O)(=O)ONC(=N)N)[nH]2)c1. The first-order valence-corrected chi connectivity index (χ1v) is 8.85. The van der Waals surface area contributed by atoms with E-state index >= 15 is 0 Å². The summed E-state index contributed by atoms with van der Waals surface area (Å²) in [4.78, 5) is 19.4. The van der Waals surface area contributed by atoms with Crippen molar-refractivity contribution in [2.45, 2.75) is 20.8 Å². The van der Waals surface area contributed by atoms with E-state index in [1.54, 1.807) is 12.4 Å². The van der Waals surface area contributed by atoms with E-state index < -0.39 is 27.6 Å². The highest BCUT2D eigenvalue weighted by atomic mass is 32.2. The van der Waals surface area contributed by atoms with Crippen LogP contribution >= 0.6 is 0 Å². The molecule has 1 aromatic heterocycles. The van der Waals surface area contributed by atoms with Crippen molar-refractivity contribution in [1.82, 2.24) is 15.4 Å². The number of carbonyl (C=O) groups excluding carboxylic acids is 1. The molecule has 0 radical (unpaired) electrons. The molecule has 9 nitrogen and oxygen atoms in total. The quantitative estimate of drug-likeness (QED) is 0.257. The normalized spacial score (nSPS) is 11.3. The minimum absolute atomic E-state index is 0.0872. The Bertz CT molecular complexity index is 913. The Morgan fingerprint density at radius 2 is 1.88 bits per heavy atom. The molecule has 0 atom stereocenters. The minimum atomic E-state index is -4.24. The largest absolute Gasteiger partial charge is 0.368 e. The second kappa shape index (κ2) is 7.03. The number of nitrogens with two attached hydrogens (primary N) is 1. The van der Waals surface area contributed by atoms with E-state index in [1.165, 1.54) is 0 Å². The maximum atomic E-state index is 12.3. The number of aromatic nitrogens is 2. The molecule has 0 fully saturated rings. The lowest BCUT2D eigenvalue weighted by Crippen LogP contribution is -2.34. The number of H-pyrrole nitrogens is 1. The molecular formula is C15H19N5O4S. The molecule has 2 rings (SSSR count). The molecule has 0 bridgehead atoms. The van der Waals surface area contributed by atoms with Crippen LogP contribution in [-0.4, -0.2) is 35.9 Å². The first-order chi connectivity index (χ1) is 11.6. The smallest absolute Gasteiger partial charge is 0.295 e. The van der Waals surface area contributed by atoms with Crippen LogP contribution in [-0.2, 0) is 14.4 Å². The third-order valence-corrected chi connectivity index (χ3v) is 4.20. The molecule has 0 unspecified atom stereocenters. The van der Waals surface area contributed by atoms with E-state index in [4.69, 9.17) is 11.1 Å². The van der Waals surface area contributed by atoms with Gasteiger partial charge in [0.05, 0.1) is 5.69 Å². The molecular weight excluding hydrogens is 346 g/mol. The van der Waals surface area contributed by atoms with Gasteiger partial charge in [0.25, 0.3) is 10.1 Å². The highest BCUT2D eigenvalue weighted by molar-refractivity contribution is 7.87. The highest BCUT2D eigenvalue weighted by Crippen LogP contribution is 2.21. The molecule has 0 saturated carbocycles. The number of aryl methyl sites for hydroxylation is 3. The Kier molecular flexibility index (Phi) is 5.24. The predicted molar refractivity (Wildman–Crippen MR) is 92.5 cm³/mol. The third kappa shape index (κ3) is 4.88. The summed E-state index contributed by atoms with van der Waals surface area (Å²) in [7, 11) is -4.24. The zero-order valence-electron chi connectivity index (χ0n) is 14.0. The number of aromatic amines is 1. The van der Waals surface area contributed by atoms with Gasteiger partial charge in [0, 0.05) is 5.56 Å². The van der Waals surface area contributed by atoms with E-state index in [0.29, 0.717) is 11.5 Å². The van der Waals surface area contributed by atoms with Crippen LogP contribution < -0.4 is 11.2 Å². The highest BCUT2D eigenvalue weighted by Gasteiger charge is 2.23. The van der Waals surface area contributed by atoms with Gasteiger partial charge in [0.2, 0.25) is 5.96 Å². The van der Waals surface area contributed by atoms with Crippen molar-refractivity contribution >= 4 is 21.9 Å². The second-order valence-electron chi connectivity index (χ2n) is 5.65. The topological polar surface area (TPSA) is 151 Å². The number of nitrogens with zero attached hydrogens (tertiary/aromatic N) is 1. The Balaban J connectivity index is 2.24. The Hall–Kier alpha value is -2.72. The number of carbonyl (C=O) groups is 1. The molecule has 1 aromatic carbocycles. The molecule has 0 aliphatic carbocycles. The van der Waals surface area contributed by atoms with Gasteiger partial charge in [-0.3, -0.25) is 10.2 Å². The first-order valence-electron chi connectivity index (χ1n) is 7.27. The molecule has 1 heterocycles. The van der Waals surface area contributed by atoms with E-state index in [-0.39, 0.29) is 5.69 Å². The number of benzene rings is 1. The molecule has 2 aromatic rings. The summed E-state index contributed by atoms with van der Waals surface area (Å²) >= 11 is 0. The molecule has 134 valence electrons. The fourth-order valence-electron chi connectivity index (χ4n) is 2.35. The number of hydroxylamine groups is 1. The van der Waals surface area contributed by atoms with Gasteiger partial charge in [0.1, 0.15) is 17.3 Å². The van der Waals surface area contributed by atoms with Crippen LogP contribution in [0.25, 0.3) is 11.4 Å². The Morgan fingerprint density at radius 3 is 2.44 bits per heavy atom. The summed E-state index contributed by atoms with van der Waals surface area (Å²) in [5.41, 5.74) is 10.00. The average Bonchev–Trinajstić information content (AvgIpc) is 2.86. The maximum absolute atomic E-state index is 12.3. The van der Waals surface area contributed by atoms with Crippen molar-refractivity contribution in [2.24, 2.45) is 5.73 Å². The summed E-state index contributed by atoms with van der Waals surface area (Å²) in [5, 5.41) is 6.86. The van der Waals surface area contributed by atoms with Crippen LogP contribution in [0.4, 0.5) is 0 Å². The van der Waals surface area contributed by atoms with Crippen LogP contribution in [0, 0.1) is 26.2 Å². The average molecular weight is 365 g/mol. The minimum Gasteiger partial charge on any atom is -0.368 e. The number of guanidine groups is 1. The summed E-state index contributed by atoms with van der Waals surface area (Å²) in [6.45, 7) is 5.51. The van der Waals surface area contributed by atoms with Gasteiger partial charge in [-0.25, -0.2) is 10.5 Å². The molecule has 0 aliphatic heterocycles. The van der Waals surface area contributed by atoms with Crippen LogP contribution in [0.2, 0.25) is 0 Å². The predicted octanol–water partition coefficient (Wildman–Crippen LogP) is 0.929. The lowest BCUT2D eigenvalue weighted by atomic mass is 10.1. The van der Waals surface area contributed by atoms with Gasteiger partial charge in [0.15, 0.2) is 5.78 Å². The lowest BCUT2D eigenvalue weighted by molar-refractivity contribution is 0.101. The van der Waals surface area contributed by atoms with E-state index in [9.17, 15) is 13.2 Å². The summed E-state index contributed by atoms with van der Waals surface area (Å²) < 4.78 is 27.7. The monoisotopic (exact) mass is 365 g/mol. The number of imidazole rings is 1. The van der Waals surface area contributed by atoms with Crippen LogP contribution in [0.15, 0.2) is 18.2 Å². The first kappa shape index (κ1) is 18.6. The van der Waals surface area contributed by atoms with E-state index in [0.717, 1.165) is 16.7 Å². The van der Waals surface area contributed by atoms with Gasteiger partial charge < -0.3 is 10.7 Å². The number of hydrogen-bond acceptors (Lipinski definition) is 6. The number of hydrogen-bond donors (Lipinski definition) is 4. The summed E-state index contributed by atoms with van der Waals surface area (Å²) in [6, 6.07) is 5.84. The number of rotatable bonds is 6. The van der Waals surface area contributed by atoms with Crippen molar-refractivity contribution in [3.63, 3.8) is 0 Å². The number of Topliss-reactive ketones (excluding diaryl/α,β-unsaturated/α-hetero) is 1. The van der Waals surface area contributed by atoms with Gasteiger partial charge in [-0.2, -0.15) is 8.42 Å². The fourth-order valence-corrected chi connectivity index (χ4v) is 3.09. The Morgan fingerprint density at radius 1 is 1.28 bits per heavy atom. The molecule has 0 spiro atoms. The molecule has 0 saturated heterocycles. The molecule has 0 aliphatic rings. The van der Waals surface area contributed by atoms with Crippen molar-refractivity contribution in [3.05, 3.63) is 40.7 Å². The standard InChI is InChI=1S/C15H19N5O4S/c1-8-4-9(2)6-11(5-8)14-18-10(3)13(19-14)12(21)7-25(22,23)24-20-15(16)17/h4-6H,7H2,1-3H3,(H,18,19)(H4,16,17,20). The Labute approximate surface area is 145 Å². The van der Waals surface area contributed by atoms with Gasteiger partial charge in [-0.05, 0) is 32.9 Å². The summed E-state index contributed by atoms with van der Waals surface area (Å²) in [6.07, 6.45) is 0. The van der Waals surface area contributed by atoms with Crippen molar-refractivity contribution in [2.75, 3.05) is 5.75 Å². The zero-order valence-corrected chi connectivity index (χ0v) is 14.8.